The van der Waals surface area contributed by atoms with Gasteiger partial charge in [-0.1, -0.05) is 48.0 Å². The second-order valence-corrected chi connectivity index (χ2v) is 8.06. The molecule has 1 aliphatic heterocycles. The monoisotopic (exact) mass is 280 g/mol. The van der Waals surface area contributed by atoms with Gasteiger partial charge in [0.2, 0.25) is 5.91 Å². The molecular formula is C17H32N2O. The molecule has 0 radical (unpaired) electrons. The van der Waals surface area contributed by atoms with Crippen LogP contribution in [0.4, 0.5) is 0 Å². The zero-order valence-electron chi connectivity index (χ0n) is 14.1. The summed E-state index contributed by atoms with van der Waals surface area (Å²) in [5, 5.41) is 3.61. The van der Waals surface area contributed by atoms with Crippen molar-refractivity contribution in [3.63, 3.8) is 0 Å². The number of hydrogen-bond acceptors (Lipinski definition) is 2. The van der Waals surface area contributed by atoms with Crippen molar-refractivity contribution in [1.29, 1.82) is 0 Å². The first kappa shape index (κ1) is 15.8. The Morgan fingerprint density at radius 1 is 1.35 bits per heavy atom. The summed E-state index contributed by atoms with van der Waals surface area (Å²) in [4.78, 5) is 14.9. The molecular weight excluding hydrogens is 248 g/mol. The van der Waals surface area contributed by atoms with Gasteiger partial charge in [0, 0.05) is 6.54 Å². The normalized spacial score (nSPS) is 33.9. The summed E-state index contributed by atoms with van der Waals surface area (Å²) in [6, 6.07) is 0.0330. The second-order valence-electron chi connectivity index (χ2n) is 8.06. The van der Waals surface area contributed by atoms with Gasteiger partial charge in [0.05, 0.1) is 12.2 Å². The van der Waals surface area contributed by atoms with Crippen LogP contribution in [0, 0.1) is 23.2 Å². The maximum atomic E-state index is 12.7. The minimum absolute atomic E-state index is 0.0330. The number of carbonyl (C=O) groups is 1. The van der Waals surface area contributed by atoms with Gasteiger partial charge in [-0.3, -0.25) is 10.1 Å². The van der Waals surface area contributed by atoms with Gasteiger partial charge in [-0.2, -0.15) is 0 Å². The molecule has 0 aromatic heterocycles. The van der Waals surface area contributed by atoms with E-state index in [0.717, 1.165) is 19.4 Å². The van der Waals surface area contributed by atoms with E-state index in [-0.39, 0.29) is 12.2 Å². The number of rotatable bonds is 6. The Balaban J connectivity index is 2.06. The third kappa shape index (κ3) is 3.19. The SMILES string of the molecule is CCC(C)C1NC(CC(C)C)N(CC2CC2(C)C)C1=O. The molecule has 2 rings (SSSR count). The highest BCUT2D eigenvalue weighted by molar-refractivity contribution is 5.84. The maximum Gasteiger partial charge on any atom is 0.241 e. The van der Waals surface area contributed by atoms with E-state index in [1.54, 1.807) is 0 Å². The third-order valence-corrected chi connectivity index (χ3v) is 5.34. The lowest BCUT2D eigenvalue weighted by Crippen LogP contribution is -2.40. The lowest BCUT2D eigenvalue weighted by atomic mass is 9.99. The highest BCUT2D eigenvalue weighted by atomic mass is 16.2. The molecule has 1 saturated carbocycles. The largest absolute Gasteiger partial charge is 0.325 e. The van der Waals surface area contributed by atoms with Crippen LogP contribution in [0.5, 0.6) is 0 Å². The van der Waals surface area contributed by atoms with Crippen LogP contribution in [0.3, 0.4) is 0 Å². The smallest absolute Gasteiger partial charge is 0.241 e. The van der Waals surface area contributed by atoms with Crippen molar-refractivity contribution < 1.29 is 4.79 Å². The molecule has 1 saturated heterocycles. The molecule has 1 aliphatic carbocycles. The van der Waals surface area contributed by atoms with E-state index in [2.05, 4.69) is 51.8 Å². The van der Waals surface area contributed by atoms with Gasteiger partial charge in [0.15, 0.2) is 0 Å². The zero-order valence-corrected chi connectivity index (χ0v) is 14.1. The Labute approximate surface area is 124 Å². The van der Waals surface area contributed by atoms with Gasteiger partial charge in [0.25, 0.3) is 0 Å². The average molecular weight is 280 g/mol. The van der Waals surface area contributed by atoms with Crippen LogP contribution in [0.25, 0.3) is 0 Å². The topological polar surface area (TPSA) is 32.3 Å². The molecule has 4 atom stereocenters. The van der Waals surface area contributed by atoms with Crippen molar-refractivity contribution >= 4 is 5.91 Å². The molecule has 2 aliphatic rings. The highest BCUT2D eigenvalue weighted by Gasteiger charge is 2.50. The van der Waals surface area contributed by atoms with Gasteiger partial charge in [-0.05, 0) is 36.0 Å². The molecule has 1 amide bonds. The maximum absolute atomic E-state index is 12.7. The van der Waals surface area contributed by atoms with Crippen molar-refractivity contribution in [3.8, 4) is 0 Å². The summed E-state index contributed by atoms with van der Waals surface area (Å²) >= 11 is 0. The Morgan fingerprint density at radius 2 is 1.95 bits per heavy atom. The Kier molecular flexibility index (Phi) is 4.48. The number of nitrogens with zero attached hydrogens (tertiary/aromatic N) is 1. The summed E-state index contributed by atoms with van der Waals surface area (Å²) in [5.41, 5.74) is 0.442. The number of hydrogen-bond donors (Lipinski definition) is 1. The average Bonchev–Trinajstić information content (AvgIpc) is 2.85. The summed E-state index contributed by atoms with van der Waals surface area (Å²) in [6.07, 6.45) is 3.63. The highest BCUT2D eigenvalue weighted by Crippen LogP contribution is 2.52. The molecule has 20 heavy (non-hydrogen) atoms. The summed E-state index contributed by atoms with van der Waals surface area (Å²) in [7, 11) is 0. The summed E-state index contributed by atoms with van der Waals surface area (Å²) in [5.74, 6) is 2.08. The lowest BCUT2D eigenvalue weighted by molar-refractivity contribution is -0.131. The van der Waals surface area contributed by atoms with Crippen LogP contribution in [0.15, 0.2) is 0 Å². The van der Waals surface area contributed by atoms with Gasteiger partial charge < -0.3 is 4.90 Å². The molecule has 116 valence electrons. The minimum Gasteiger partial charge on any atom is -0.325 e. The van der Waals surface area contributed by atoms with Crippen molar-refractivity contribution in [3.05, 3.63) is 0 Å². The van der Waals surface area contributed by atoms with E-state index in [1.165, 1.54) is 6.42 Å². The van der Waals surface area contributed by atoms with Crippen molar-refractivity contribution in [2.45, 2.75) is 73.0 Å². The fraction of sp³-hybridized carbons (Fsp3) is 0.941. The molecule has 0 spiro atoms. The third-order valence-electron chi connectivity index (χ3n) is 5.34. The predicted octanol–water partition coefficient (Wildman–Crippen LogP) is 3.25. The van der Waals surface area contributed by atoms with Gasteiger partial charge in [0.1, 0.15) is 0 Å². The standard InChI is InChI=1S/C17H32N2O/c1-7-12(4)15-16(20)19(10-13-9-17(13,5)6)14(18-15)8-11(2)3/h11-15,18H,7-10H2,1-6H3. The molecule has 0 bridgehead atoms. The van der Waals surface area contributed by atoms with Crippen molar-refractivity contribution in [2.24, 2.45) is 23.2 Å². The molecule has 3 nitrogen and oxygen atoms in total. The minimum atomic E-state index is 0.0330. The van der Waals surface area contributed by atoms with Crippen LogP contribution in [-0.2, 0) is 4.79 Å². The van der Waals surface area contributed by atoms with Crippen LogP contribution in [0.1, 0.15) is 60.8 Å². The number of carbonyl (C=O) groups excluding carboxylic acids is 1. The van der Waals surface area contributed by atoms with Crippen molar-refractivity contribution in [1.82, 2.24) is 10.2 Å². The van der Waals surface area contributed by atoms with E-state index in [9.17, 15) is 4.79 Å². The van der Waals surface area contributed by atoms with Crippen molar-refractivity contribution in [2.75, 3.05) is 6.54 Å². The Hall–Kier alpha value is -0.570. The fourth-order valence-corrected chi connectivity index (χ4v) is 3.33. The molecule has 1 N–H and O–H groups in total. The molecule has 0 aromatic rings. The molecule has 2 fully saturated rings. The summed E-state index contributed by atoms with van der Waals surface area (Å²) in [6.45, 7) is 14.4. The molecule has 4 unspecified atom stereocenters. The van der Waals surface area contributed by atoms with Crippen LogP contribution in [0.2, 0.25) is 0 Å². The quantitative estimate of drug-likeness (QED) is 0.810. The van der Waals surface area contributed by atoms with E-state index in [0.29, 0.717) is 29.1 Å². The number of amides is 1. The molecule has 3 heteroatoms. The first-order valence-electron chi connectivity index (χ1n) is 8.32. The van der Waals surface area contributed by atoms with Gasteiger partial charge in [-0.25, -0.2) is 0 Å². The van der Waals surface area contributed by atoms with Gasteiger partial charge in [-0.15, -0.1) is 0 Å². The second kappa shape index (κ2) is 5.67. The van der Waals surface area contributed by atoms with Crippen LogP contribution >= 0.6 is 0 Å². The van der Waals surface area contributed by atoms with E-state index >= 15 is 0 Å². The first-order valence-corrected chi connectivity index (χ1v) is 8.32. The fourth-order valence-electron chi connectivity index (χ4n) is 3.33. The molecule has 1 heterocycles. The van der Waals surface area contributed by atoms with Crippen LogP contribution < -0.4 is 5.32 Å². The van der Waals surface area contributed by atoms with Crippen LogP contribution in [-0.4, -0.2) is 29.6 Å². The molecule has 0 aromatic carbocycles. The lowest BCUT2D eigenvalue weighted by Gasteiger charge is -2.26. The Bertz CT molecular complexity index is 364. The van der Waals surface area contributed by atoms with Gasteiger partial charge >= 0.3 is 0 Å². The summed E-state index contributed by atoms with van der Waals surface area (Å²) < 4.78 is 0. The number of nitrogens with one attached hydrogen (secondary N) is 1. The predicted molar refractivity (Wildman–Crippen MR) is 83.2 cm³/mol. The van der Waals surface area contributed by atoms with E-state index in [4.69, 9.17) is 0 Å². The van der Waals surface area contributed by atoms with E-state index in [1.807, 2.05) is 0 Å². The first-order chi connectivity index (χ1) is 9.26. The van der Waals surface area contributed by atoms with E-state index < -0.39 is 0 Å². The zero-order chi connectivity index (χ0) is 15.1. The Morgan fingerprint density at radius 3 is 2.40 bits per heavy atom.